The fraction of sp³-hybridized carbons (Fsp3) is 0.826. The summed E-state index contributed by atoms with van der Waals surface area (Å²) in [6.45, 7) is 7.91. The SMILES string of the molecule is CO[C@H]1C([C@@]2(C)O[C@@H]2CC=C(C)C)[C@]2(CC[C@H]1OC(=O)N1CC(NC(=O)N(C)C)C1)CO2. The standard InChI is InChI=1S/C23H37N3O6/c1-14(2)7-8-17-22(3,32-17)19-18(29-6)16(9-10-23(19)13-30-23)31-21(28)26-11-15(12-26)24-20(27)25(4)5/h7,15-19H,8-13H2,1-6H3,(H,24,27)/t16-,17-,18-,19?,22+,23+/m1/s1. The largest absolute Gasteiger partial charge is 0.443 e. The monoisotopic (exact) mass is 451 g/mol. The summed E-state index contributed by atoms with van der Waals surface area (Å²) in [6.07, 6.45) is 3.70. The molecular formula is C23H37N3O6. The van der Waals surface area contributed by atoms with Crippen LogP contribution in [0.4, 0.5) is 9.59 Å². The maximum absolute atomic E-state index is 12.8. The molecule has 1 spiro atoms. The molecule has 3 aliphatic heterocycles. The average molecular weight is 452 g/mol. The van der Waals surface area contributed by atoms with Gasteiger partial charge in [-0.05, 0) is 40.0 Å². The van der Waals surface area contributed by atoms with Crippen molar-refractivity contribution in [2.75, 3.05) is 40.9 Å². The second-order valence-corrected chi connectivity index (χ2v) is 10.2. The van der Waals surface area contributed by atoms with E-state index in [1.807, 2.05) is 0 Å². The number of urea groups is 1. The molecule has 180 valence electrons. The Hall–Kier alpha value is -1.84. The van der Waals surface area contributed by atoms with Gasteiger partial charge >= 0.3 is 12.1 Å². The van der Waals surface area contributed by atoms with E-state index in [1.54, 1.807) is 26.1 Å². The van der Waals surface area contributed by atoms with Gasteiger partial charge in [-0.25, -0.2) is 9.59 Å². The lowest BCUT2D eigenvalue weighted by molar-refractivity contribution is -0.123. The number of nitrogens with one attached hydrogen (secondary N) is 1. The molecule has 4 rings (SSSR count). The summed E-state index contributed by atoms with van der Waals surface area (Å²) in [5.74, 6) is 0.00521. The Kier molecular flexibility index (Phi) is 6.19. The van der Waals surface area contributed by atoms with Gasteiger partial charge in [0.1, 0.15) is 23.4 Å². The molecule has 0 bridgehead atoms. The van der Waals surface area contributed by atoms with Crippen LogP contribution >= 0.6 is 0 Å². The molecule has 0 aromatic heterocycles. The highest BCUT2D eigenvalue weighted by Gasteiger charge is 2.72. The number of nitrogens with zero attached hydrogens (tertiary/aromatic N) is 2. The molecule has 9 heteroatoms. The number of methoxy groups -OCH3 is 1. The van der Waals surface area contributed by atoms with Gasteiger partial charge in [0.15, 0.2) is 0 Å². The molecule has 32 heavy (non-hydrogen) atoms. The van der Waals surface area contributed by atoms with E-state index in [0.717, 1.165) is 12.8 Å². The summed E-state index contributed by atoms with van der Waals surface area (Å²) in [6, 6.07) is -0.208. The first-order valence-corrected chi connectivity index (χ1v) is 11.5. The van der Waals surface area contributed by atoms with E-state index in [4.69, 9.17) is 18.9 Å². The second-order valence-electron chi connectivity index (χ2n) is 10.2. The number of likely N-dealkylation sites (tertiary alicyclic amines) is 1. The second kappa shape index (κ2) is 8.50. The van der Waals surface area contributed by atoms with Gasteiger partial charge in [-0.15, -0.1) is 0 Å². The number of rotatable bonds is 6. The van der Waals surface area contributed by atoms with Gasteiger partial charge in [0.05, 0.1) is 24.7 Å². The van der Waals surface area contributed by atoms with Crippen LogP contribution in [-0.4, -0.2) is 98.4 Å². The van der Waals surface area contributed by atoms with E-state index < -0.39 is 0 Å². The van der Waals surface area contributed by atoms with Gasteiger partial charge in [-0.2, -0.15) is 0 Å². The summed E-state index contributed by atoms with van der Waals surface area (Å²) in [5.41, 5.74) is 0.677. The Bertz CT molecular complexity index is 772. The fourth-order valence-electron chi connectivity index (χ4n) is 5.30. The molecule has 4 fully saturated rings. The molecule has 9 nitrogen and oxygen atoms in total. The van der Waals surface area contributed by atoms with Crippen molar-refractivity contribution in [1.82, 2.24) is 15.1 Å². The summed E-state index contributed by atoms with van der Waals surface area (Å²) in [7, 11) is 5.05. The molecule has 4 aliphatic rings. The number of ether oxygens (including phenoxy) is 4. The van der Waals surface area contributed by atoms with Crippen LogP contribution in [0.15, 0.2) is 11.6 Å². The van der Waals surface area contributed by atoms with Crippen LogP contribution in [-0.2, 0) is 18.9 Å². The zero-order valence-electron chi connectivity index (χ0n) is 20.1. The Balaban J connectivity index is 1.37. The van der Waals surface area contributed by atoms with Crippen molar-refractivity contribution in [3.05, 3.63) is 11.6 Å². The zero-order valence-corrected chi connectivity index (χ0v) is 20.1. The molecule has 1 unspecified atom stereocenters. The number of amides is 3. The van der Waals surface area contributed by atoms with Crippen LogP contribution in [0.5, 0.6) is 0 Å². The molecule has 3 amide bonds. The van der Waals surface area contributed by atoms with E-state index in [1.165, 1.54) is 10.5 Å². The zero-order chi connectivity index (χ0) is 23.3. The van der Waals surface area contributed by atoms with Gasteiger partial charge in [0, 0.05) is 34.3 Å². The van der Waals surface area contributed by atoms with Crippen LogP contribution in [0.2, 0.25) is 0 Å². The fourth-order valence-corrected chi connectivity index (χ4v) is 5.30. The minimum absolute atomic E-state index is 0.00521. The third-order valence-corrected chi connectivity index (χ3v) is 7.36. The summed E-state index contributed by atoms with van der Waals surface area (Å²) < 4.78 is 24.0. The first-order valence-electron chi connectivity index (χ1n) is 11.5. The molecule has 0 aromatic rings. The van der Waals surface area contributed by atoms with E-state index in [-0.39, 0.29) is 53.6 Å². The highest BCUT2D eigenvalue weighted by Crippen LogP contribution is 2.59. The Morgan fingerprint density at radius 2 is 1.97 bits per heavy atom. The quantitative estimate of drug-likeness (QED) is 0.491. The van der Waals surface area contributed by atoms with Crippen molar-refractivity contribution in [2.45, 2.75) is 75.6 Å². The summed E-state index contributed by atoms with van der Waals surface area (Å²) in [5, 5.41) is 2.88. The van der Waals surface area contributed by atoms with Crippen LogP contribution in [0, 0.1) is 5.92 Å². The molecule has 0 radical (unpaired) electrons. The molecule has 6 atom stereocenters. The van der Waals surface area contributed by atoms with E-state index in [2.05, 4.69) is 32.2 Å². The van der Waals surface area contributed by atoms with Crippen molar-refractivity contribution >= 4 is 12.1 Å². The van der Waals surface area contributed by atoms with Crippen LogP contribution in [0.1, 0.15) is 40.0 Å². The van der Waals surface area contributed by atoms with Gasteiger partial charge in [0.25, 0.3) is 0 Å². The van der Waals surface area contributed by atoms with Crippen molar-refractivity contribution in [1.29, 1.82) is 0 Å². The minimum Gasteiger partial charge on any atom is -0.443 e. The lowest BCUT2D eigenvalue weighted by Crippen LogP contribution is -2.63. The molecule has 0 aromatic carbocycles. The molecule has 3 saturated heterocycles. The normalized spacial score (nSPS) is 38.0. The predicted molar refractivity (Wildman–Crippen MR) is 117 cm³/mol. The van der Waals surface area contributed by atoms with Crippen molar-refractivity contribution in [2.24, 2.45) is 5.92 Å². The molecule has 3 heterocycles. The number of carbonyl (C=O) groups excluding carboxylic acids is 2. The lowest BCUT2D eigenvalue weighted by Gasteiger charge is -2.44. The van der Waals surface area contributed by atoms with E-state index >= 15 is 0 Å². The lowest BCUT2D eigenvalue weighted by atomic mass is 9.68. The number of allylic oxidation sites excluding steroid dienone is 1. The highest BCUT2D eigenvalue weighted by molar-refractivity contribution is 5.75. The number of carbonyl (C=O) groups is 2. The third kappa shape index (κ3) is 4.34. The molecule has 1 saturated carbocycles. The van der Waals surface area contributed by atoms with Gasteiger partial charge in [-0.3, -0.25) is 0 Å². The van der Waals surface area contributed by atoms with Gasteiger partial charge in [-0.1, -0.05) is 11.6 Å². The van der Waals surface area contributed by atoms with Crippen molar-refractivity contribution in [3.8, 4) is 0 Å². The summed E-state index contributed by atoms with van der Waals surface area (Å²) in [4.78, 5) is 27.6. The Morgan fingerprint density at radius 1 is 1.28 bits per heavy atom. The van der Waals surface area contributed by atoms with E-state index in [9.17, 15) is 9.59 Å². The molecule has 1 aliphatic carbocycles. The maximum atomic E-state index is 12.8. The van der Waals surface area contributed by atoms with Crippen molar-refractivity contribution in [3.63, 3.8) is 0 Å². The average Bonchev–Trinajstić information content (AvgIpc) is 3.61. The topological polar surface area (TPSA) is 96.2 Å². The maximum Gasteiger partial charge on any atom is 0.410 e. The smallest absolute Gasteiger partial charge is 0.410 e. The van der Waals surface area contributed by atoms with Gasteiger partial charge in [0.2, 0.25) is 0 Å². The minimum atomic E-state index is -0.359. The van der Waals surface area contributed by atoms with Crippen LogP contribution in [0.25, 0.3) is 0 Å². The van der Waals surface area contributed by atoms with Crippen LogP contribution in [0.3, 0.4) is 0 Å². The predicted octanol–water partition coefficient (Wildman–Crippen LogP) is 2.15. The molecular weight excluding hydrogens is 414 g/mol. The summed E-state index contributed by atoms with van der Waals surface area (Å²) >= 11 is 0. The number of hydrogen-bond acceptors (Lipinski definition) is 6. The van der Waals surface area contributed by atoms with Gasteiger partial charge < -0.3 is 34.1 Å². The highest BCUT2D eigenvalue weighted by atomic mass is 16.6. The third-order valence-electron chi connectivity index (χ3n) is 7.36. The first kappa shape index (κ1) is 23.3. The van der Waals surface area contributed by atoms with Crippen molar-refractivity contribution < 1.29 is 28.5 Å². The Labute approximate surface area is 190 Å². The van der Waals surface area contributed by atoms with E-state index in [0.29, 0.717) is 26.1 Å². The first-order chi connectivity index (χ1) is 15.1. The number of hydrogen-bond donors (Lipinski definition) is 1. The van der Waals surface area contributed by atoms with Crippen LogP contribution < -0.4 is 5.32 Å². The molecule has 1 N–H and O–H groups in total. The Morgan fingerprint density at radius 3 is 2.53 bits per heavy atom. The number of epoxide rings is 2.